The molecule has 0 unspecified atom stereocenters. The second-order valence-electron chi connectivity index (χ2n) is 6.01. The van der Waals surface area contributed by atoms with Crippen molar-refractivity contribution in [2.75, 3.05) is 14.2 Å². The van der Waals surface area contributed by atoms with Gasteiger partial charge in [0.1, 0.15) is 11.3 Å². The molecule has 1 amide bonds. The lowest BCUT2D eigenvalue weighted by molar-refractivity contribution is -0.0755. The fraction of sp³-hybridized carbons (Fsp3) is 0.389. The van der Waals surface area contributed by atoms with Crippen molar-refractivity contribution in [3.05, 3.63) is 35.5 Å². The normalized spacial score (nSPS) is 11.2. The van der Waals surface area contributed by atoms with Gasteiger partial charge in [-0.3, -0.25) is 9.63 Å². The molecule has 0 fully saturated rings. The van der Waals surface area contributed by atoms with Crippen LogP contribution in [0.25, 0.3) is 22.2 Å². The van der Waals surface area contributed by atoms with Crippen molar-refractivity contribution in [3.63, 3.8) is 0 Å². The van der Waals surface area contributed by atoms with Gasteiger partial charge in [0.25, 0.3) is 5.91 Å². The van der Waals surface area contributed by atoms with Crippen LogP contribution in [0.1, 0.15) is 35.2 Å². The minimum atomic E-state index is -0.247. The molecule has 3 aromatic rings. The lowest BCUT2D eigenvalue weighted by Crippen LogP contribution is -2.25. The van der Waals surface area contributed by atoms with Gasteiger partial charge in [-0.15, -0.1) is 0 Å². The standard InChI is InChI=1S/C18H22N4O3/c1-6-7-22-10-19-17-14(18(23)21(4)24-5)8-13(9-15(17)22)16-11(2)20-25-12(16)3/h8-10H,6-7H2,1-5H3. The first-order chi connectivity index (χ1) is 12.0. The van der Waals surface area contributed by atoms with Crippen molar-refractivity contribution >= 4 is 16.9 Å². The number of carbonyl (C=O) groups excluding carboxylic acids is 1. The van der Waals surface area contributed by atoms with Gasteiger partial charge in [-0.05, 0) is 38.0 Å². The fourth-order valence-electron chi connectivity index (χ4n) is 3.04. The Bertz CT molecular complexity index is 906. The van der Waals surface area contributed by atoms with E-state index in [0.717, 1.165) is 41.1 Å². The second kappa shape index (κ2) is 6.68. The summed E-state index contributed by atoms with van der Waals surface area (Å²) in [6.07, 6.45) is 2.75. The van der Waals surface area contributed by atoms with Gasteiger partial charge in [-0.2, -0.15) is 0 Å². The van der Waals surface area contributed by atoms with Crippen LogP contribution in [0.4, 0.5) is 0 Å². The Morgan fingerprint density at radius 2 is 2.12 bits per heavy atom. The van der Waals surface area contributed by atoms with Crippen molar-refractivity contribution in [2.24, 2.45) is 0 Å². The molecule has 0 aliphatic heterocycles. The van der Waals surface area contributed by atoms with Crippen molar-refractivity contribution in [3.8, 4) is 11.1 Å². The summed E-state index contributed by atoms with van der Waals surface area (Å²) in [6.45, 7) is 6.69. The third-order valence-corrected chi connectivity index (χ3v) is 4.30. The summed E-state index contributed by atoms with van der Waals surface area (Å²) in [5.74, 6) is 0.472. The highest BCUT2D eigenvalue weighted by molar-refractivity contribution is 6.06. The van der Waals surface area contributed by atoms with Crippen molar-refractivity contribution in [1.82, 2.24) is 19.8 Å². The average Bonchev–Trinajstić information content (AvgIpc) is 3.16. The van der Waals surface area contributed by atoms with E-state index in [1.807, 2.05) is 26.0 Å². The molecule has 0 saturated carbocycles. The van der Waals surface area contributed by atoms with E-state index in [4.69, 9.17) is 9.36 Å². The number of aromatic nitrogens is 3. The van der Waals surface area contributed by atoms with Crippen LogP contribution in [0.15, 0.2) is 23.0 Å². The first kappa shape index (κ1) is 17.2. The Morgan fingerprint density at radius 3 is 2.72 bits per heavy atom. The summed E-state index contributed by atoms with van der Waals surface area (Å²) in [5.41, 5.74) is 4.64. The van der Waals surface area contributed by atoms with E-state index >= 15 is 0 Å². The number of benzene rings is 1. The summed E-state index contributed by atoms with van der Waals surface area (Å²) in [6, 6.07) is 3.87. The molecule has 3 rings (SSSR count). The van der Waals surface area contributed by atoms with Gasteiger partial charge >= 0.3 is 0 Å². The molecule has 2 heterocycles. The minimum Gasteiger partial charge on any atom is -0.361 e. The molecule has 0 saturated heterocycles. The van der Waals surface area contributed by atoms with E-state index in [9.17, 15) is 4.79 Å². The Labute approximate surface area is 146 Å². The molecule has 0 aliphatic carbocycles. The minimum absolute atomic E-state index is 0.247. The first-order valence-corrected chi connectivity index (χ1v) is 8.22. The molecular formula is C18H22N4O3. The number of rotatable bonds is 5. The zero-order valence-electron chi connectivity index (χ0n) is 15.2. The number of amides is 1. The van der Waals surface area contributed by atoms with Crippen LogP contribution in [0.5, 0.6) is 0 Å². The predicted molar refractivity (Wildman–Crippen MR) is 94.1 cm³/mol. The maximum absolute atomic E-state index is 12.8. The number of nitrogens with zero attached hydrogens (tertiary/aromatic N) is 4. The quantitative estimate of drug-likeness (QED) is 0.665. The Hall–Kier alpha value is -2.67. The van der Waals surface area contributed by atoms with E-state index in [2.05, 4.69) is 21.6 Å². The maximum atomic E-state index is 12.8. The summed E-state index contributed by atoms with van der Waals surface area (Å²) in [4.78, 5) is 22.3. The predicted octanol–water partition coefficient (Wildman–Crippen LogP) is 3.35. The number of carbonyl (C=O) groups is 1. The maximum Gasteiger partial charge on any atom is 0.279 e. The smallest absolute Gasteiger partial charge is 0.279 e. The van der Waals surface area contributed by atoms with E-state index in [0.29, 0.717) is 11.1 Å². The van der Waals surface area contributed by atoms with E-state index < -0.39 is 0 Å². The monoisotopic (exact) mass is 342 g/mol. The molecule has 25 heavy (non-hydrogen) atoms. The Balaban J connectivity index is 2.28. The molecule has 0 atom stereocenters. The topological polar surface area (TPSA) is 73.4 Å². The Kier molecular flexibility index (Phi) is 4.59. The van der Waals surface area contributed by atoms with Crippen LogP contribution in [0.2, 0.25) is 0 Å². The molecule has 0 spiro atoms. The number of hydrogen-bond acceptors (Lipinski definition) is 5. The largest absolute Gasteiger partial charge is 0.361 e. The number of imidazole rings is 1. The third-order valence-electron chi connectivity index (χ3n) is 4.30. The summed E-state index contributed by atoms with van der Waals surface area (Å²) >= 11 is 0. The van der Waals surface area contributed by atoms with Gasteiger partial charge < -0.3 is 9.09 Å². The van der Waals surface area contributed by atoms with Crippen LogP contribution in [-0.4, -0.2) is 39.8 Å². The highest BCUT2D eigenvalue weighted by Gasteiger charge is 2.21. The summed E-state index contributed by atoms with van der Waals surface area (Å²) in [7, 11) is 3.04. The highest BCUT2D eigenvalue weighted by Crippen LogP contribution is 2.32. The molecule has 1 aromatic carbocycles. The molecule has 0 radical (unpaired) electrons. The number of aryl methyl sites for hydroxylation is 3. The highest BCUT2D eigenvalue weighted by atomic mass is 16.7. The van der Waals surface area contributed by atoms with Crippen LogP contribution in [0, 0.1) is 13.8 Å². The van der Waals surface area contributed by atoms with Gasteiger partial charge in [0.05, 0.1) is 30.2 Å². The number of hydrogen-bond donors (Lipinski definition) is 0. The molecule has 0 aliphatic rings. The molecule has 132 valence electrons. The van der Waals surface area contributed by atoms with Crippen molar-refractivity contribution < 1.29 is 14.2 Å². The van der Waals surface area contributed by atoms with Gasteiger partial charge in [-0.1, -0.05) is 12.1 Å². The van der Waals surface area contributed by atoms with E-state index in [-0.39, 0.29) is 5.91 Å². The van der Waals surface area contributed by atoms with Gasteiger partial charge in [0.2, 0.25) is 0 Å². The zero-order valence-corrected chi connectivity index (χ0v) is 15.2. The fourth-order valence-corrected chi connectivity index (χ4v) is 3.04. The SMILES string of the molecule is CCCn1cnc2c(C(=O)N(C)OC)cc(-c3c(C)noc3C)cc21. The van der Waals surface area contributed by atoms with Crippen LogP contribution in [0.3, 0.4) is 0 Å². The second-order valence-corrected chi connectivity index (χ2v) is 6.01. The molecular weight excluding hydrogens is 320 g/mol. The van der Waals surface area contributed by atoms with Crippen LogP contribution >= 0.6 is 0 Å². The Morgan fingerprint density at radius 1 is 1.36 bits per heavy atom. The average molecular weight is 342 g/mol. The molecule has 0 bridgehead atoms. The van der Waals surface area contributed by atoms with Crippen LogP contribution < -0.4 is 0 Å². The van der Waals surface area contributed by atoms with Gasteiger partial charge in [0.15, 0.2) is 0 Å². The number of fused-ring (bicyclic) bond motifs is 1. The number of hydroxylamine groups is 2. The van der Waals surface area contributed by atoms with Crippen molar-refractivity contribution in [1.29, 1.82) is 0 Å². The lowest BCUT2D eigenvalue weighted by Gasteiger charge is -2.15. The van der Waals surface area contributed by atoms with E-state index in [1.165, 1.54) is 12.2 Å². The van der Waals surface area contributed by atoms with Crippen molar-refractivity contribution in [2.45, 2.75) is 33.7 Å². The lowest BCUT2D eigenvalue weighted by atomic mass is 10.00. The third kappa shape index (κ3) is 2.91. The molecule has 0 N–H and O–H groups in total. The molecule has 2 aromatic heterocycles. The van der Waals surface area contributed by atoms with Gasteiger partial charge in [-0.25, -0.2) is 10.0 Å². The van der Waals surface area contributed by atoms with E-state index in [1.54, 1.807) is 13.4 Å². The molecule has 7 heteroatoms. The van der Waals surface area contributed by atoms with Gasteiger partial charge in [0, 0.05) is 19.2 Å². The summed E-state index contributed by atoms with van der Waals surface area (Å²) < 4.78 is 7.35. The zero-order chi connectivity index (χ0) is 18.1. The summed E-state index contributed by atoms with van der Waals surface area (Å²) in [5, 5.41) is 5.23. The molecule has 7 nitrogen and oxygen atoms in total. The first-order valence-electron chi connectivity index (χ1n) is 8.22. The van der Waals surface area contributed by atoms with Crippen LogP contribution in [-0.2, 0) is 11.4 Å².